The van der Waals surface area contributed by atoms with Gasteiger partial charge < -0.3 is 20.1 Å². The molecular weight excluding hydrogens is 384 g/mol. The van der Waals surface area contributed by atoms with E-state index in [-0.39, 0.29) is 10.8 Å². The summed E-state index contributed by atoms with van der Waals surface area (Å²) in [5, 5.41) is 5.87. The minimum absolute atomic E-state index is 0.139. The molecule has 1 fully saturated rings. The maximum absolute atomic E-state index is 12.6. The second-order valence-corrected chi connectivity index (χ2v) is 8.42. The molecule has 28 heavy (non-hydrogen) atoms. The van der Waals surface area contributed by atoms with E-state index in [1.807, 2.05) is 0 Å². The van der Waals surface area contributed by atoms with Crippen molar-refractivity contribution < 1.29 is 22.7 Å². The number of fused-ring (bicyclic) bond motifs is 1. The monoisotopic (exact) mass is 404 g/mol. The van der Waals surface area contributed by atoms with Crippen LogP contribution in [0, 0.1) is 0 Å². The van der Waals surface area contributed by atoms with E-state index in [9.17, 15) is 13.2 Å². The molecule has 1 saturated heterocycles. The van der Waals surface area contributed by atoms with Crippen LogP contribution in [0.2, 0.25) is 0 Å². The number of pyridine rings is 1. The number of sulfonamides is 1. The Morgan fingerprint density at radius 2 is 2.00 bits per heavy atom. The van der Waals surface area contributed by atoms with Crippen LogP contribution >= 0.6 is 0 Å². The number of benzene rings is 1. The van der Waals surface area contributed by atoms with Crippen LogP contribution < -0.4 is 15.4 Å². The molecule has 2 aromatic rings. The molecule has 1 amide bonds. The standard InChI is InChI=1S/C18H20N4O5S/c1-12-18(23)21-15-10-13(2-4-16(15)27-12)20-17-5-3-14(11-19-17)28(24,25)22-6-8-26-9-7-22/h2-5,10-12H,6-9H2,1H3,(H,19,20)(H,21,23)/t12-/m1/s1. The van der Waals surface area contributed by atoms with Gasteiger partial charge in [0.2, 0.25) is 10.0 Å². The first-order chi connectivity index (χ1) is 13.4. The molecule has 1 atom stereocenters. The third-order valence-corrected chi connectivity index (χ3v) is 6.41. The number of carbonyl (C=O) groups is 1. The molecular formula is C18H20N4O5S. The zero-order valence-corrected chi connectivity index (χ0v) is 16.0. The molecule has 0 bridgehead atoms. The molecule has 0 unspecified atom stereocenters. The number of morpholine rings is 1. The summed E-state index contributed by atoms with van der Waals surface area (Å²) in [5.41, 5.74) is 1.26. The van der Waals surface area contributed by atoms with Gasteiger partial charge in [-0.3, -0.25) is 4.79 Å². The van der Waals surface area contributed by atoms with Crippen molar-refractivity contribution in [3.8, 4) is 5.75 Å². The highest BCUT2D eigenvalue weighted by Crippen LogP contribution is 2.33. The number of ether oxygens (including phenoxy) is 2. The Bertz CT molecular complexity index is 988. The van der Waals surface area contributed by atoms with E-state index in [0.29, 0.717) is 49.2 Å². The molecule has 2 aliphatic rings. The van der Waals surface area contributed by atoms with Crippen molar-refractivity contribution >= 4 is 33.1 Å². The fraction of sp³-hybridized carbons (Fsp3) is 0.333. The molecule has 10 heteroatoms. The lowest BCUT2D eigenvalue weighted by molar-refractivity contribution is -0.122. The zero-order valence-electron chi connectivity index (χ0n) is 15.2. The Morgan fingerprint density at radius 1 is 1.21 bits per heavy atom. The van der Waals surface area contributed by atoms with Gasteiger partial charge in [0.15, 0.2) is 6.10 Å². The smallest absolute Gasteiger partial charge is 0.265 e. The maximum atomic E-state index is 12.6. The number of hydrogen-bond donors (Lipinski definition) is 2. The van der Waals surface area contributed by atoms with Crippen LogP contribution in [0.25, 0.3) is 0 Å². The van der Waals surface area contributed by atoms with Crippen LogP contribution in [0.15, 0.2) is 41.4 Å². The SMILES string of the molecule is C[C@H]1Oc2ccc(Nc3ccc(S(=O)(=O)N4CCOCC4)cn3)cc2NC1=O. The van der Waals surface area contributed by atoms with Crippen LogP contribution in [0.4, 0.5) is 17.2 Å². The first-order valence-electron chi connectivity index (χ1n) is 8.86. The van der Waals surface area contributed by atoms with E-state index in [0.717, 1.165) is 0 Å². The van der Waals surface area contributed by atoms with Crippen molar-refractivity contribution in [1.82, 2.24) is 9.29 Å². The first kappa shape index (κ1) is 18.7. The van der Waals surface area contributed by atoms with Gasteiger partial charge in [0.05, 0.1) is 18.9 Å². The summed E-state index contributed by atoms with van der Waals surface area (Å²) in [6.45, 7) is 3.14. The lowest BCUT2D eigenvalue weighted by Crippen LogP contribution is -2.40. The number of anilines is 3. The molecule has 9 nitrogen and oxygen atoms in total. The highest BCUT2D eigenvalue weighted by atomic mass is 32.2. The number of nitrogens with zero attached hydrogens (tertiary/aromatic N) is 2. The predicted octanol–water partition coefficient (Wildman–Crippen LogP) is 1.57. The molecule has 0 radical (unpaired) electrons. The number of rotatable bonds is 4. The van der Waals surface area contributed by atoms with Crippen LogP contribution in [-0.4, -0.2) is 56.0 Å². The highest BCUT2D eigenvalue weighted by Gasteiger charge is 2.27. The van der Waals surface area contributed by atoms with E-state index < -0.39 is 16.1 Å². The van der Waals surface area contributed by atoms with Gasteiger partial charge in [0.25, 0.3) is 5.91 Å². The third-order valence-electron chi connectivity index (χ3n) is 4.53. The Labute approximate surface area is 162 Å². The summed E-state index contributed by atoms with van der Waals surface area (Å²) >= 11 is 0. The summed E-state index contributed by atoms with van der Waals surface area (Å²) in [4.78, 5) is 16.1. The van der Waals surface area contributed by atoms with Crippen molar-refractivity contribution in [2.75, 3.05) is 36.9 Å². The Kier molecular flexibility index (Phi) is 4.92. The van der Waals surface area contributed by atoms with Gasteiger partial charge in [-0.25, -0.2) is 13.4 Å². The Morgan fingerprint density at radius 3 is 2.71 bits per heavy atom. The molecule has 0 aliphatic carbocycles. The van der Waals surface area contributed by atoms with Gasteiger partial charge in [-0.2, -0.15) is 4.31 Å². The van der Waals surface area contributed by atoms with Crippen molar-refractivity contribution in [2.24, 2.45) is 0 Å². The van der Waals surface area contributed by atoms with E-state index in [1.54, 1.807) is 31.2 Å². The molecule has 2 aliphatic heterocycles. The van der Waals surface area contributed by atoms with E-state index in [2.05, 4.69) is 15.6 Å². The van der Waals surface area contributed by atoms with Crippen LogP contribution in [0.1, 0.15) is 6.92 Å². The summed E-state index contributed by atoms with van der Waals surface area (Å²) in [5.74, 6) is 0.871. The number of hydrogen-bond acceptors (Lipinski definition) is 7. The lowest BCUT2D eigenvalue weighted by Gasteiger charge is -2.26. The van der Waals surface area contributed by atoms with E-state index in [4.69, 9.17) is 9.47 Å². The second kappa shape index (κ2) is 7.38. The van der Waals surface area contributed by atoms with Gasteiger partial charge in [0.1, 0.15) is 16.5 Å². The fourth-order valence-corrected chi connectivity index (χ4v) is 4.33. The molecule has 0 saturated carbocycles. The van der Waals surface area contributed by atoms with Crippen LogP contribution in [0.5, 0.6) is 5.75 Å². The zero-order chi connectivity index (χ0) is 19.7. The summed E-state index contributed by atoms with van der Waals surface area (Å²) in [6.07, 6.45) is 0.798. The Hall–Kier alpha value is -2.69. The average molecular weight is 404 g/mol. The molecule has 0 spiro atoms. The average Bonchev–Trinajstić information content (AvgIpc) is 2.70. The van der Waals surface area contributed by atoms with E-state index >= 15 is 0 Å². The van der Waals surface area contributed by atoms with Gasteiger partial charge in [0, 0.05) is 25.0 Å². The third kappa shape index (κ3) is 3.66. The fourth-order valence-electron chi connectivity index (χ4n) is 2.98. The molecule has 148 valence electrons. The molecule has 1 aromatic heterocycles. The van der Waals surface area contributed by atoms with Crippen molar-refractivity contribution in [2.45, 2.75) is 17.9 Å². The molecule has 1 aromatic carbocycles. The summed E-state index contributed by atoms with van der Waals surface area (Å²) in [6, 6.07) is 8.40. The molecule has 3 heterocycles. The molecule has 2 N–H and O–H groups in total. The topological polar surface area (TPSA) is 110 Å². The first-order valence-corrected chi connectivity index (χ1v) is 10.3. The van der Waals surface area contributed by atoms with Crippen LogP contribution in [-0.2, 0) is 19.6 Å². The number of aromatic nitrogens is 1. The largest absolute Gasteiger partial charge is 0.479 e. The number of amides is 1. The highest BCUT2D eigenvalue weighted by molar-refractivity contribution is 7.89. The van der Waals surface area contributed by atoms with Crippen molar-refractivity contribution in [3.05, 3.63) is 36.5 Å². The van der Waals surface area contributed by atoms with Gasteiger partial charge in [-0.05, 0) is 37.3 Å². The van der Waals surface area contributed by atoms with Crippen molar-refractivity contribution in [3.63, 3.8) is 0 Å². The lowest BCUT2D eigenvalue weighted by atomic mass is 10.2. The summed E-state index contributed by atoms with van der Waals surface area (Å²) in [7, 11) is -3.58. The quantitative estimate of drug-likeness (QED) is 0.796. The second-order valence-electron chi connectivity index (χ2n) is 6.48. The molecule has 4 rings (SSSR count). The Balaban J connectivity index is 1.49. The van der Waals surface area contributed by atoms with Crippen LogP contribution in [0.3, 0.4) is 0 Å². The predicted molar refractivity (Wildman–Crippen MR) is 102 cm³/mol. The van der Waals surface area contributed by atoms with Gasteiger partial charge in [-0.15, -0.1) is 0 Å². The normalized spacial score (nSPS) is 20.0. The van der Waals surface area contributed by atoms with Gasteiger partial charge in [-0.1, -0.05) is 0 Å². The van der Waals surface area contributed by atoms with Gasteiger partial charge >= 0.3 is 0 Å². The van der Waals surface area contributed by atoms with Crippen molar-refractivity contribution in [1.29, 1.82) is 0 Å². The van der Waals surface area contributed by atoms with E-state index in [1.165, 1.54) is 16.6 Å². The number of carbonyl (C=O) groups excluding carboxylic acids is 1. The minimum Gasteiger partial charge on any atom is -0.479 e. The minimum atomic E-state index is -3.58. The number of nitrogens with one attached hydrogen (secondary N) is 2. The summed E-state index contributed by atoms with van der Waals surface area (Å²) < 4.78 is 37.4. The maximum Gasteiger partial charge on any atom is 0.265 e.